The molecule has 0 radical (unpaired) electrons. The third-order valence-corrected chi connectivity index (χ3v) is 3.93. The number of phenols is 1. The minimum atomic E-state index is 0.278. The predicted molar refractivity (Wildman–Crippen MR) is 94.4 cm³/mol. The van der Waals surface area contributed by atoms with Gasteiger partial charge in [-0.1, -0.05) is 0 Å². The summed E-state index contributed by atoms with van der Waals surface area (Å²) in [6, 6.07) is 9.50. The number of nitrogens with zero attached hydrogens (tertiary/aromatic N) is 3. The summed E-state index contributed by atoms with van der Waals surface area (Å²) in [5.74, 6) is 0.278. The third-order valence-electron chi connectivity index (χ3n) is 3.93. The standard InChI is InChI=1S/C18H22N4O/c1-21(2)6-3-7-22-17-5-4-16(23)9-13(17)10-18(22)14-8-15(19)12-20-11-14/h4-5,8-12,23H,3,6-7,19H2,1-2H3. The molecular weight excluding hydrogens is 288 g/mol. The fraction of sp³-hybridized carbons (Fsp3) is 0.278. The molecule has 5 heteroatoms. The Kier molecular flexibility index (Phi) is 4.21. The summed E-state index contributed by atoms with van der Waals surface area (Å²) in [6.45, 7) is 1.92. The molecule has 0 saturated carbocycles. The van der Waals surface area contributed by atoms with Gasteiger partial charge < -0.3 is 20.3 Å². The van der Waals surface area contributed by atoms with Gasteiger partial charge in [-0.2, -0.15) is 0 Å². The molecule has 3 aromatic rings. The number of aryl methyl sites for hydroxylation is 1. The number of nitrogens with two attached hydrogens (primary N) is 1. The van der Waals surface area contributed by atoms with Gasteiger partial charge >= 0.3 is 0 Å². The van der Waals surface area contributed by atoms with Crippen LogP contribution in [0.3, 0.4) is 0 Å². The summed E-state index contributed by atoms with van der Waals surface area (Å²) in [5, 5.41) is 10.8. The Morgan fingerprint density at radius 2 is 2.00 bits per heavy atom. The second-order valence-electron chi connectivity index (χ2n) is 6.09. The topological polar surface area (TPSA) is 67.3 Å². The Labute approximate surface area is 136 Å². The number of anilines is 1. The van der Waals surface area contributed by atoms with Gasteiger partial charge in [0.1, 0.15) is 5.75 Å². The van der Waals surface area contributed by atoms with Crippen LogP contribution in [0.4, 0.5) is 5.69 Å². The van der Waals surface area contributed by atoms with E-state index in [-0.39, 0.29) is 5.75 Å². The molecular formula is C18H22N4O. The van der Waals surface area contributed by atoms with Crippen molar-refractivity contribution in [2.45, 2.75) is 13.0 Å². The zero-order chi connectivity index (χ0) is 16.4. The van der Waals surface area contributed by atoms with Gasteiger partial charge in [0.25, 0.3) is 0 Å². The Bertz CT molecular complexity index is 823. The Morgan fingerprint density at radius 1 is 1.17 bits per heavy atom. The molecule has 5 nitrogen and oxygen atoms in total. The lowest BCUT2D eigenvalue weighted by Gasteiger charge is -2.14. The van der Waals surface area contributed by atoms with E-state index < -0.39 is 0 Å². The largest absolute Gasteiger partial charge is 0.508 e. The first-order valence-electron chi connectivity index (χ1n) is 7.72. The van der Waals surface area contributed by atoms with Crippen LogP contribution in [0.1, 0.15) is 6.42 Å². The summed E-state index contributed by atoms with van der Waals surface area (Å²) in [5.41, 5.74) is 9.71. The van der Waals surface area contributed by atoms with Crippen molar-refractivity contribution in [2.24, 2.45) is 0 Å². The van der Waals surface area contributed by atoms with Crippen molar-refractivity contribution >= 4 is 16.6 Å². The lowest BCUT2D eigenvalue weighted by molar-refractivity contribution is 0.388. The minimum absolute atomic E-state index is 0.278. The quantitative estimate of drug-likeness (QED) is 0.760. The molecule has 0 spiro atoms. The first kappa shape index (κ1) is 15.4. The number of benzene rings is 1. The molecule has 3 N–H and O–H groups in total. The van der Waals surface area contributed by atoms with Crippen molar-refractivity contribution in [3.05, 3.63) is 42.7 Å². The predicted octanol–water partition coefficient (Wildman–Crippen LogP) is 2.94. The number of hydrogen-bond donors (Lipinski definition) is 2. The molecule has 0 aliphatic heterocycles. The fourth-order valence-electron chi connectivity index (χ4n) is 2.88. The molecule has 23 heavy (non-hydrogen) atoms. The van der Waals surface area contributed by atoms with E-state index in [0.29, 0.717) is 5.69 Å². The van der Waals surface area contributed by atoms with Crippen LogP contribution in [0, 0.1) is 0 Å². The van der Waals surface area contributed by atoms with Crippen LogP contribution >= 0.6 is 0 Å². The van der Waals surface area contributed by atoms with Crippen LogP contribution in [-0.4, -0.2) is 40.2 Å². The molecule has 0 atom stereocenters. The SMILES string of the molecule is CN(C)CCCn1c(-c2cncc(N)c2)cc2cc(O)ccc21. The maximum atomic E-state index is 9.75. The summed E-state index contributed by atoms with van der Waals surface area (Å²) < 4.78 is 2.27. The number of pyridine rings is 1. The van der Waals surface area contributed by atoms with Crippen LogP contribution in [-0.2, 0) is 6.54 Å². The zero-order valence-corrected chi connectivity index (χ0v) is 13.5. The average molecular weight is 310 g/mol. The Balaban J connectivity index is 2.07. The van der Waals surface area contributed by atoms with Gasteiger partial charge in [0.05, 0.1) is 11.4 Å². The smallest absolute Gasteiger partial charge is 0.116 e. The first-order valence-corrected chi connectivity index (χ1v) is 7.72. The third kappa shape index (κ3) is 3.29. The molecule has 0 fully saturated rings. The number of phenolic OH excluding ortho intramolecular Hbond substituents is 1. The van der Waals surface area contributed by atoms with Gasteiger partial charge in [0.2, 0.25) is 0 Å². The molecule has 0 aliphatic rings. The van der Waals surface area contributed by atoms with Gasteiger partial charge in [0.15, 0.2) is 0 Å². The highest BCUT2D eigenvalue weighted by molar-refractivity contribution is 5.88. The van der Waals surface area contributed by atoms with Crippen LogP contribution in [0.25, 0.3) is 22.2 Å². The lowest BCUT2D eigenvalue weighted by Crippen LogP contribution is -2.15. The lowest BCUT2D eigenvalue weighted by atomic mass is 10.2. The number of hydrogen-bond acceptors (Lipinski definition) is 4. The molecule has 0 aliphatic carbocycles. The number of rotatable bonds is 5. The molecule has 2 aromatic heterocycles. The van der Waals surface area contributed by atoms with Gasteiger partial charge in [-0.15, -0.1) is 0 Å². The summed E-state index contributed by atoms with van der Waals surface area (Å²) in [6.07, 6.45) is 4.52. The van der Waals surface area contributed by atoms with E-state index in [1.807, 2.05) is 18.3 Å². The minimum Gasteiger partial charge on any atom is -0.508 e. The first-order chi connectivity index (χ1) is 11.0. The summed E-state index contributed by atoms with van der Waals surface area (Å²) in [4.78, 5) is 6.38. The molecule has 0 amide bonds. The van der Waals surface area contributed by atoms with E-state index in [1.165, 1.54) is 0 Å². The van der Waals surface area contributed by atoms with E-state index in [0.717, 1.165) is 41.7 Å². The van der Waals surface area contributed by atoms with Crippen molar-refractivity contribution in [2.75, 3.05) is 26.4 Å². The number of aromatic hydroxyl groups is 1. The van der Waals surface area contributed by atoms with E-state index in [9.17, 15) is 5.11 Å². The second-order valence-corrected chi connectivity index (χ2v) is 6.09. The van der Waals surface area contributed by atoms with Crippen molar-refractivity contribution in [3.63, 3.8) is 0 Å². The fourth-order valence-corrected chi connectivity index (χ4v) is 2.88. The van der Waals surface area contributed by atoms with Crippen molar-refractivity contribution in [3.8, 4) is 17.0 Å². The van der Waals surface area contributed by atoms with E-state index in [2.05, 4.69) is 34.6 Å². The summed E-state index contributed by atoms with van der Waals surface area (Å²) in [7, 11) is 4.16. The molecule has 0 saturated heterocycles. The van der Waals surface area contributed by atoms with Crippen LogP contribution in [0.15, 0.2) is 42.7 Å². The number of aromatic nitrogens is 2. The van der Waals surface area contributed by atoms with Gasteiger partial charge in [-0.05, 0) is 57.4 Å². The van der Waals surface area contributed by atoms with Crippen LogP contribution in [0.2, 0.25) is 0 Å². The molecule has 3 rings (SSSR count). The zero-order valence-electron chi connectivity index (χ0n) is 13.5. The van der Waals surface area contributed by atoms with E-state index in [4.69, 9.17) is 5.73 Å². The molecule has 0 bridgehead atoms. The maximum absolute atomic E-state index is 9.75. The van der Waals surface area contributed by atoms with Crippen molar-refractivity contribution in [1.29, 1.82) is 0 Å². The number of fused-ring (bicyclic) bond motifs is 1. The number of nitrogen functional groups attached to an aromatic ring is 1. The second kappa shape index (κ2) is 6.30. The van der Waals surface area contributed by atoms with E-state index in [1.54, 1.807) is 18.3 Å². The molecule has 120 valence electrons. The van der Waals surface area contributed by atoms with Crippen molar-refractivity contribution in [1.82, 2.24) is 14.5 Å². The Morgan fingerprint density at radius 3 is 2.74 bits per heavy atom. The highest BCUT2D eigenvalue weighted by Crippen LogP contribution is 2.31. The van der Waals surface area contributed by atoms with E-state index >= 15 is 0 Å². The average Bonchev–Trinajstić information content (AvgIpc) is 2.85. The molecule has 1 aromatic carbocycles. The highest BCUT2D eigenvalue weighted by atomic mass is 16.3. The molecule has 2 heterocycles. The van der Waals surface area contributed by atoms with Gasteiger partial charge in [-0.3, -0.25) is 4.98 Å². The normalized spacial score (nSPS) is 11.4. The molecule has 0 unspecified atom stereocenters. The van der Waals surface area contributed by atoms with Gasteiger partial charge in [-0.25, -0.2) is 0 Å². The van der Waals surface area contributed by atoms with Gasteiger partial charge in [0, 0.05) is 35.4 Å². The highest BCUT2D eigenvalue weighted by Gasteiger charge is 2.12. The van der Waals surface area contributed by atoms with Crippen LogP contribution < -0.4 is 5.73 Å². The monoisotopic (exact) mass is 310 g/mol. The van der Waals surface area contributed by atoms with Crippen LogP contribution in [0.5, 0.6) is 5.75 Å². The Hall–Kier alpha value is -2.53. The van der Waals surface area contributed by atoms with Crippen molar-refractivity contribution < 1.29 is 5.11 Å². The summed E-state index contributed by atoms with van der Waals surface area (Å²) >= 11 is 0. The maximum Gasteiger partial charge on any atom is 0.116 e.